The third kappa shape index (κ3) is 3.94. The largest absolute Gasteiger partial charge is 0.486 e. The van der Waals surface area contributed by atoms with Gasteiger partial charge < -0.3 is 24.4 Å². The van der Waals surface area contributed by atoms with Crippen molar-refractivity contribution in [2.45, 2.75) is 6.42 Å². The SMILES string of the molecule is O=C(COC(=O)[C@@H]1CC(=O)N(c2ccc3c(c2)OCCO3)C1)Nc1cccc2nsnc12. The summed E-state index contributed by atoms with van der Waals surface area (Å²) in [5.74, 6) is -0.758. The fourth-order valence-electron chi connectivity index (χ4n) is 3.66. The summed E-state index contributed by atoms with van der Waals surface area (Å²) in [4.78, 5) is 38.7. The second-order valence-electron chi connectivity index (χ2n) is 7.33. The minimum atomic E-state index is -0.658. The fourth-order valence-corrected chi connectivity index (χ4v) is 4.21. The molecule has 5 rings (SSSR count). The van der Waals surface area contributed by atoms with E-state index in [1.54, 1.807) is 36.4 Å². The van der Waals surface area contributed by atoms with Gasteiger partial charge in [-0.25, -0.2) is 0 Å². The summed E-state index contributed by atoms with van der Waals surface area (Å²) in [5, 5.41) is 2.67. The van der Waals surface area contributed by atoms with E-state index < -0.39 is 24.4 Å². The van der Waals surface area contributed by atoms with Gasteiger partial charge in [-0.2, -0.15) is 8.75 Å². The third-order valence-electron chi connectivity index (χ3n) is 5.20. The number of nitrogens with one attached hydrogen (secondary N) is 1. The maximum atomic E-state index is 12.5. The van der Waals surface area contributed by atoms with Crippen LogP contribution in [0, 0.1) is 5.92 Å². The number of nitrogens with zero attached hydrogens (tertiary/aromatic N) is 3. The number of anilines is 2. The first-order valence-electron chi connectivity index (χ1n) is 9.96. The Morgan fingerprint density at radius 1 is 1.16 bits per heavy atom. The molecule has 0 unspecified atom stereocenters. The van der Waals surface area contributed by atoms with Crippen molar-refractivity contribution in [2.75, 3.05) is 36.6 Å². The van der Waals surface area contributed by atoms with Crippen molar-refractivity contribution >= 4 is 51.9 Å². The summed E-state index contributed by atoms with van der Waals surface area (Å²) in [6, 6.07) is 10.5. The summed E-state index contributed by atoms with van der Waals surface area (Å²) in [5.41, 5.74) is 2.37. The summed E-state index contributed by atoms with van der Waals surface area (Å²) in [7, 11) is 0. The number of carbonyl (C=O) groups excluding carboxylic acids is 3. The van der Waals surface area contributed by atoms with Crippen molar-refractivity contribution in [2.24, 2.45) is 5.92 Å². The number of hydrogen-bond acceptors (Lipinski definition) is 9. The average molecular weight is 454 g/mol. The summed E-state index contributed by atoms with van der Waals surface area (Å²) in [6.07, 6.45) is 0.0126. The number of esters is 1. The van der Waals surface area contributed by atoms with Crippen LogP contribution in [-0.2, 0) is 19.1 Å². The fraction of sp³-hybridized carbons (Fsp3) is 0.286. The molecule has 3 heterocycles. The van der Waals surface area contributed by atoms with Crippen molar-refractivity contribution in [3.05, 3.63) is 36.4 Å². The molecule has 0 aliphatic carbocycles. The van der Waals surface area contributed by atoms with E-state index in [-0.39, 0.29) is 18.9 Å². The molecule has 10 nitrogen and oxygen atoms in total. The van der Waals surface area contributed by atoms with Gasteiger partial charge in [0.2, 0.25) is 5.91 Å². The van der Waals surface area contributed by atoms with Gasteiger partial charge in [0.15, 0.2) is 18.1 Å². The van der Waals surface area contributed by atoms with Crippen LogP contribution in [0.3, 0.4) is 0 Å². The number of amides is 2. The predicted octanol–water partition coefficient (Wildman–Crippen LogP) is 2.00. The molecule has 2 aliphatic heterocycles. The number of rotatable bonds is 5. The molecule has 1 saturated heterocycles. The van der Waals surface area contributed by atoms with Crippen LogP contribution in [-0.4, -0.2) is 52.9 Å². The maximum Gasteiger partial charge on any atom is 0.311 e. The van der Waals surface area contributed by atoms with Crippen molar-refractivity contribution in [1.82, 2.24) is 8.75 Å². The van der Waals surface area contributed by atoms with Gasteiger partial charge in [0, 0.05) is 24.7 Å². The number of benzene rings is 2. The van der Waals surface area contributed by atoms with Crippen LogP contribution < -0.4 is 19.7 Å². The van der Waals surface area contributed by atoms with E-state index >= 15 is 0 Å². The highest BCUT2D eigenvalue weighted by atomic mass is 32.1. The normalized spacial score (nSPS) is 17.4. The van der Waals surface area contributed by atoms with Crippen molar-refractivity contribution in [3.63, 3.8) is 0 Å². The first kappa shape index (κ1) is 20.2. The number of aromatic nitrogens is 2. The van der Waals surface area contributed by atoms with Crippen LogP contribution in [0.25, 0.3) is 11.0 Å². The molecule has 0 radical (unpaired) electrons. The standard InChI is InChI=1S/C21H18N4O6S/c26-18(22-14-2-1-3-15-20(14)24-32-23-15)11-31-21(28)12-8-19(27)25(10-12)13-4-5-16-17(9-13)30-7-6-29-16/h1-5,9,12H,6-8,10-11H2,(H,22,26)/t12-/m1/s1. The molecular formula is C21H18N4O6S. The zero-order chi connectivity index (χ0) is 22.1. The molecule has 0 saturated carbocycles. The topological polar surface area (TPSA) is 120 Å². The maximum absolute atomic E-state index is 12.5. The lowest BCUT2D eigenvalue weighted by Gasteiger charge is -2.22. The summed E-state index contributed by atoms with van der Waals surface area (Å²) < 4.78 is 24.5. The van der Waals surface area contributed by atoms with Crippen LogP contribution in [0.4, 0.5) is 11.4 Å². The van der Waals surface area contributed by atoms with Gasteiger partial charge in [-0.15, -0.1) is 0 Å². The molecule has 0 spiro atoms. The van der Waals surface area contributed by atoms with Crippen LogP contribution in [0.2, 0.25) is 0 Å². The lowest BCUT2D eigenvalue weighted by atomic mass is 10.1. The van der Waals surface area contributed by atoms with Crippen molar-refractivity contribution < 1.29 is 28.6 Å². The minimum Gasteiger partial charge on any atom is -0.486 e. The molecule has 11 heteroatoms. The number of ether oxygens (including phenoxy) is 3. The molecule has 2 aromatic carbocycles. The van der Waals surface area contributed by atoms with Gasteiger partial charge in [-0.1, -0.05) is 6.07 Å². The van der Waals surface area contributed by atoms with E-state index in [0.29, 0.717) is 47.1 Å². The Kier molecular flexibility index (Phi) is 5.31. The number of fused-ring (bicyclic) bond motifs is 2. The Hall–Kier alpha value is -3.73. The highest BCUT2D eigenvalue weighted by Crippen LogP contribution is 2.36. The quantitative estimate of drug-likeness (QED) is 0.582. The van der Waals surface area contributed by atoms with Crippen LogP contribution in [0.1, 0.15) is 6.42 Å². The molecule has 3 aromatic rings. The van der Waals surface area contributed by atoms with E-state index in [2.05, 4.69) is 14.1 Å². The molecule has 1 fully saturated rings. The minimum absolute atomic E-state index is 0.0126. The second kappa shape index (κ2) is 8.42. The zero-order valence-corrected chi connectivity index (χ0v) is 17.6. The molecule has 1 N–H and O–H groups in total. The highest BCUT2D eigenvalue weighted by Gasteiger charge is 2.36. The van der Waals surface area contributed by atoms with Crippen LogP contribution in [0.5, 0.6) is 11.5 Å². The van der Waals surface area contributed by atoms with Gasteiger partial charge >= 0.3 is 5.97 Å². The van der Waals surface area contributed by atoms with Crippen molar-refractivity contribution in [1.29, 1.82) is 0 Å². The highest BCUT2D eigenvalue weighted by molar-refractivity contribution is 7.00. The third-order valence-corrected chi connectivity index (χ3v) is 5.74. The van der Waals surface area contributed by atoms with Gasteiger partial charge in [0.25, 0.3) is 5.91 Å². The first-order chi connectivity index (χ1) is 15.6. The smallest absolute Gasteiger partial charge is 0.311 e. The Morgan fingerprint density at radius 2 is 2.00 bits per heavy atom. The zero-order valence-electron chi connectivity index (χ0n) is 16.8. The van der Waals surface area contributed by atoms with Gasteiger partial charge in [-0.05, 0) is 24.3 Å². The molecule has 164 valence electrons. The molecule has 1 atom stereocenters. The Morgan fingerprint density at radius 3 is 2.88 bits per heavy atom. The average Bonchev–Trinajstić information content (AvgIpc) is 3.44. The lowest BCUT2D eigenvalue weighted by Crippen LogP contribution is -2.28. The predicted molar refractivity (Wildman–Crippen MR) is 115 cm³/mol. The van der Waals surface area contributed by atoms with Crippen molar-refractivity contribution in [3.8, 4) is 11.5 Å². The van der Waals surface area contributed by atoms with Gasteiger partial charge in [0.05, 0.1) is 23.3 Å². The molecule has 1 aromatic heterocycles. The summed E-state index contributed by atoms with van der Waals surface area (Å²) >= 11 is 1.05. The molecule has 0 bridgehead atoms. The number of carbonyl (C=O) groups is 3. The Bertz CT molecular complexity index is 1210. The van der Waals surface area contributed by atoms with Crippen LogP contribution in [0.15, 0.2) is 36.4 Å². The molecule has 2 amide bonds. The van der Waals surface area contributed by atoms with E-state index in [1.165, 1.54) is 4.90 Å². The van der Waals surface area contributed by atoms with E-state index in [1.807, 2.05) is 0 Å². The Balaban J connectivity index is 1.18. The molecule has 2 aliphatic rings. The van der Waals surface area contributed by atoms with E-state index in [9.17, 15) is 14.4 Å². The molecular weight excluding hydrogens is 436 g/mol. The van der Waals surface area contributed by atoms with Gasteiger partial charge in [0.1, 0.15) is 24.2 Å². The Labute approximate surface area is 186 Å². The van der Waals surface area contributed by atoms with E-state index in [4.69, 9.17) is 14.2 Å². The second-order valence-corrected chi connectivity index (χ2v) is 7.86. The molecule has 32 heavy (non-hydrogen) atoms. The first-order valence-corrected chi connectivity index (χ1v) is 10.7. The summed E-state index contributed by atoms with van der Waals surface area (Å²) in [6.45, 7) is 0.630. The monoisotopic (exact) mass is 454 g/mol. The lowest BCUT2D eigenvalue weighted by molar-refractivity contribution is -0.151. The van der Waals surface area contributed by atoms with Gasteiger partial charge in [-0.3, -0.25) is 14.4 Å². The van der Waals surface area contributed by atoms with E-state index in [0.717, 1.165) is 11.7 Å². The number of hydrogen-bond donors (Lipinski definition) is 1. The van der Waals surface area contributed by atoms with Crippen LogP contribution >= 0.6 is 11.7 Å².